The van der Waals surface area contributed by atoms with Crippen molar-refractivity contribution in [1.29, 1.82) is 0 Å². The third kappa shape index (κ3) is 3.80. The lowest BCUT2D eigenvalue weighted by molar-refractivity contribution is 0.275. The molecule has 0 aromatic heterocycles. The van der Waals surface area contributed by atoms with E-state index in [2.05, 4.69) is 19.2 Å². The van der Waals surface area contributed by atoms with Crippen LogP contribution in [0.5, 0.6) is 5.75 Å². The van der Waals surface area contributed by atoms with Gasteiger partial charge in [0.25, 0.3) is 0 Å². The van der Waals surface area contributed by atoms with Crippen molar-refractivity contribution >= 4 is 5.69 Å². The first-order chi connectivity index (χ1) is 7.13. The third-order valence-electron chi connectivity index (χ3n) is 2.30. The van der Waals surface area contributed by atoms with Gasteiger partial charge in [-0.15, -0.1) is 0 Å². The van der Waals surface area contributed by atoms with Gasteiger partial charge in [0.2, 0.25) is 0 Å². The zero-order chi connectivity index (χ0) is 11.3. The van der Waals surface area contributed by atoms with Gasteiger partial charge in [-0.05, 0) is 30.5 Å². The molecule has 0 heterocycles. The number of rotatable bonds is 5. The van der Waals surface area contributed by atoms with Crippen LogP contribution >= 0.6 is 0 Å². The SMILES string of the molecule is CC(C)CCNc1ccc(O)c(CO)c1. The van der Waals surface area contributed by atoms with Crippen molar-refractivity contribution in [2.45, 2.75) is 26.9 Å². The molecule has 0 saturated carbocycles. The summed E-state index contributed by atoms with van der Waals surface area (Å²) < 4.78 is 0. The largest absolute Gasteiger partial charge is 0.508 e. The van der Waals surface area contributed by atoms with Crippen LogP contribution in [0, 0.1) is 5.92 Å². The summed E-state index contributed by atoms with van der Waals surface area (Å²) in [5.74, 6) is 0.818. The lowest BCUT2D eigenvalue weighted by Gasteiger charge is -2.10. The Morgan fingerprint density at radius 3 is 2.67 bits per heavy atom. The van der Waals surface area contributed by atoms with Gasteiger partial charge in [-0.2, -0.15) is 0 Å². The Labute approximate surface area is 90.8 Å². The number of nitrogens with one attached hydrogen (secondary N) is 1. The summed E-state index contributed by atoms with van der Waals surface area (Å²) >= 11 is 0. The molecule has 0 atom stereocenters. The Morgan fingerprint density at radius 1 is 1.33 bits per heavy atom. The smallest absolute Gasteiger partial charge is 0.121 e. The minimum Gasteiger partial charge on any atom is -0.508 e. The van der Waals surface area contributed by atoms with Crippen LogP contribution < -0.4 is 5.32 Å². The van der Waals surface area contributed by atoms with E-state index in [-0.39, 0.29) is 12.4 Å². The number of aliphatic hydroxyl groups excluding tert-OH is 1. The van der Waals surface area contributed by atoms with Gasteiger partial charge in [-0.1, -0.05) is 13.8 Å². The van der Waals surface area contributed by atoms with Crippen molar-refractivity contribution in [2.75, 3.05) is 11.9 Å². The van der Waals surface area contributed by atoms with Crippen LogP contribution in [0.15, 0.2) is 18.2 Å². The van der Waals surface area contributed by atoms with Crippen LogP contribution in [0.3, 0.4) is 0 Å². The van der Waals surface area contributed by atoms with E-state index >= 15 is 0 Å². The first-order valence-corrected chi connectivity index (χ1v) is 5.30. The number of phenols is 1. The second-order valence-electron chi connectivity index (χ2n) is 4.11. The molecular formula is C12H19NO2. The first-order valence-electron chi connectivity index (χ1n) is 5.30. The molecule has 3 nitrogen and oxygen atoms in total. The highest BCUT2D eigenvalue weighted by Crippen LogP contribution is 2.21. The van der Waals surface area contributed by atoms with Crippen molar-refractivity contribution in [3.05, 3.63) is 23.8 Å². The van der Waals surface area contributed by atoms with Crippen LogP contribution in [0.2, 0.25) is 0 Å². The van der Waals surface area contributed by atoms with E-state index in [0.717, 1.165) is 18.7 Å². The third-order valence-corrected chi connectivity index (χ3v) is 2.30. The molecule has 15 heavy (non-hydrogen) atoms. The second-order valence-corrected chi connectivity index (χ2v) is 4.11. The number of hydrogen-bond donors (Lipinski definition) is 3. The van der Waals surface area contributed by atoms with Gasteiger partial charge < -0.3 is 15.5 Å². The summed E-state index contributed by atoms with van der Waals surface area (Å²) in [4.78, 5) is 0. The normalized spacial score (nSPS) is 10.7. The molecule has 0 aliphatic rings. The predicted molar refractivity (Wildman–Crippen MR) is 62.0 cm³/mol. The molecule has 84 valence electrons. The summed E-state index contributed by atoms with van der Waals surface area (Å²) in [5.41, 5.74) is 1.50. The number of benzene rings is 1. The predicted octanol–water partition coefficient (Wildman–Crippen LogP) is 2.34. The quantitative estimate of drug-likeness (QED) is 0.652. The molecular weight excluding hydrogens is 190 g/mol. The van der Waals surface area contributed by atoms with E-state index in [4.69, 9.17) is 5.11 Å². The minimum atomic E-state index is -0.133. The highest BCUT2D eigenvalue weighted by molar-refractivity contribution is 5.50. The Bertz CT molecular complexity index is 310. The molecule has 0 amide bonds. The Balaban J connectivity index is 2.54. The monoisotopic (exact) mass is 209 g/mol. The molecule has 1 rings (SSSR count). The number of anilines is 1. The molecule has 0 saturated heterocycles. The molecule has 0 aliphatic carbocycles. The van der Waals surface area contributed by atoms with Gasteiger partial charge >= 0.3 is 0 Å². The minimum absolute atomic E-state index is 0.133. The van der Waals surface area contributed by atoms with Gasteiger partial charge in [0.05, 0.1) is 6.61 Å². The summed E-state index contributed by atoms with van der Waals surface area (Å²) in [6.45, 7) is 5.13. The maximum atomic E-state index is 9.36. The van der Waals surface area contributed by atoms with Crippen LogP contribution in [-0.4, -0.2) is 16.8 Å². The van der Waals surface area contributed by atoms with Crippen LogP contribution in [-0.2, 0) is 6.61 Å². The van der Waals surface area contributed by atoms with Gasteiger partial charge in [0.1, 0.15) is 5.75 Å². The lowest BCUT2D eigenvalue weighted by atomic mass is 10.1. The highest BCUT2D eigenvalue weighted by atomic mass is 16.3. The van der Waals surface area contributed by atoms with E-state index in [1.54, 1.807) is 12.1 Å². The topological polar surface area (TPSA) is 52.5 Å². The molecule has 0 unspecified atom stereocenters. The van der Waals surface area contributed by atoms with Crippen molar-refractivity contribution in [3.63, 3.8) is 0 Å². The van der Waals surface area contributed by atoms with Crippen LogP contribution in [0.4, 0.5) is 5.69 Å². The van der Waals surface area contributed by atoms with E-state index in [1.807, 2.05) is 6.07 Å². The fourth-order valence-electron chi connectivity index (χ4n) is 1.33. The molecule has 0 aliphatic heterocycles. The van der Waals surface area contributed by atoms with Crippen molar-refractivity contribution in [3.8, 4) is 5.75 Å². The molecule has 1 aromatic rings. The van der Waals surface area contributed by atoms with E-state index in [9.17, 15) is 5.11 Å². The number of aromatic hydroxyl groups is 1. The molecule has 0 spiro atoms. The summed E-state index contributed by atoms with van der Waals surface area (Å²) in [6.07, 6.45) is 1.11. The zero-order valence-corrected chi connectivity index (χ0v) is 9.33. The number of aliphatic hydroxyl groups is 1. The van der Waals surface area contributed by atoms with Gasteiger partial charge in [-0.3, -0.25) is 0 Å². The van der Waals surface area contributed by atoms with Crippen molar-refractivity contribution < 1.29 is 10.2 Å². The average Bonchev–Trinajstić information content (AvgIpc) is 2.20. The standard InChI is InChI=1S/C12H19NO2/c1-9(2)5-6-13-11-3-4-12(15)10(7-11)8-14/h3-4,7,9,13-15H,5-6,8H2,1-2H3. The number of hydrogen-bond acceptors (Lipinski definition) is 3. The van der Waals surface area contributed by atoms with Gasteiger partial charge in [0.15, 0.2) is 0 Å². The van der Waals surface area contributed by atoms with Crippen molar-refractivity contribution in [1.82, 2.24) is 0 Å². The van der Waals surface area contributed by atoms with E-state index in [1.165, 1.54) is 0 Å². The van der Waals surface area contributed by atoms with E-state index < -0.39 is 0 Å². The molecule has 0 bridgehead atoms. The lowest BCUT2D eigenvalue weighted by Crippen LogP contribution is -2.04. The van der Waals surface area contributed by atoms with Gasteiger partial charge in [-0.25, -0.2) is 0 Å². The zero-order valence-electron chi connectivity index (χ0n) is 9.33. The van der Waals surface area contributed by atoms with Crippen LogP contribution in [0.25, 0.3) is 0 Å². The molecule has 3 heteroatoms. The Morgan fingerprint density at radius 2 is 2.07 bits per heavy atom. The second kappa shape index (κ2) is 5.61. The molecule has 1 aromatic carbocycles. The van der Waals surface area contributed by atoms with E-state index in [0.29, 0.717) is 11.5 Å². The maximum absolute atomic E-state index is 9.36. The summed E-state index contributed by atoms with van der Waals surface area (Å²) in [6, 6.07) is 5.19. The first kappa shape index (κ1) is 11.9. The maximum Gasteiger partial charge on any atom is 0.121 e. The molecule has 3 N–H and O–H groups in total. The average molecular weight is 209 g/mol. The molecule has 0 fully saturated rings. The summed E-state index contributed by atoms with van der Waals surface area (Å²) in [7, 11) is 0. The van der Waals surface area contributed by atoms with Crippen molar-refractivity contribution in [2.24, 2.45) is 5.92 Å². The summed E-state index contributed by atoms with van der Waals surface area (Å²) in [5, 5.41) is 21.6. The fourth-order valence-corrected chi connectivity index (χ4v) is 1.33. The van der Waals surface area contributed by atoms with Crippen LogP contribution in [0.1, 0.15) is 25.8 Å². The fraction of sp³-hybridized carbons (Fsp3) is 0.500. The molecule has 0 radical (unpaired) electrons. The highest BCUT2D eigenvalue weighted by Gasteiger charge is 2.01. The Kier molecular flexibility index (Phi) is 4.43. The Hall–Kier alpha value is -1.22. The van der Waals surface area contributed by atoms with Gasteiger partial charge in [0, 0.05) is 17.8 Å².